The molecule has 1 saturated heterocycles. The summed E-state index contributed by atoms with van der Waals surface area (Å²) in [6.45, 7) is 1.34. The van der Waals surface area contributed by atoms with E-state index in [0.717, 1.165) is 11.4 Å². The predicted molar refractivity (Wildman–Crippen MR) is 66.9 cm³/mol. The number of carboxylic acids is 1. The Morgan fingerprint density at radius 2 is 2.35 bits per heavy atom. The van der Waals surface area contributed by atoms with E-state index in [-0.39, 0.29) is 25.1 Å². The lowest BCUT2D eigenvalue weighted by Crippen LogP contribution is -2.55. The fourth-order valence-corrected chi connectivity index (χ4v) is 2.56. The molecule has 2 atom stereocenters. The van der Waals surface area contributed by atoms with Crippen molar-refractivity contribution >= 4 is 11.9 Å². The van der Waals surface area contributed by atoms with Crippen molar-refractivity contribution in [1.82, 2.24) is 20.2 Å². The molecule has 108 valence electrons. The van der Waals surface area contributed by atoms with Crippen LogP contribution in [-0.4, -0.2) is 63.7 Å². The second-order valence-corrected chi connectivity index (χ2v) is 4.95. The van der Waals surface area contributed by atoms with Crippen LogP contribution < -0.4 is 5.32 Å². The number of nitrogens with one attached hydrogen (secondary N) is 2. The van der Waals surface area contributed by atoms with Crippen molar-refractivity contribution in [2.75, 3.05) is 19.7 Å². The predicted octanol–water partition coefficient (Wildman–Crippen LogP) is -1.26. The zero-order valence-corrected chi connectivity index (χ0v) is 10.8. The van der Waals surface area contributed by atoms with Crippen molar-refractivity contribution in [3.63, 3.8) is 0 Å². The highest BCUT2D eigenvalue weighted by molar-refractivity contribution is 5.83. The van der Waals surface area contributed by atoms with Crippen LogP contribution in [0.4, 0.5) is 0 Å². The van der Waals surface area contributed by atoms with Crippen molar-refractivity contribution in [2.45, 2.75) is 25.1 Å². The van der Waals surface area contributed by atoms with Gasteiger partial charge >= 0.3 is 5.97 Å². The second-order valence-electron chi connectivity index (χ2n) is 4.95. The number of carbonyl (C=O) groups is 2. The molecule has 8 heteroatoms. The topological polar surface area (TPSA) is 108 Å². The van der Waals surface area contributed by atoms with E-state index in [4.69, 9.17) is 9.84 Å². The van der Waals surface area contributed by atoms with Crippen molar-refractivity contribution in [3.05, 3.63) is 17.7 Å². The molecule has 0 bridgehead atoms. The number of nitrogens with zero attached hydrogens (tertiary/aromatic N) is 2. The van der Waals surface area contributed by atoms with E-state index in [1.807, 2.05) is 0 Å². The minimum atomic E-state index is -1.03. The number of rotatable bonds is 2. The van der Waals surface area contributed by atoms with E-state index in [1.165, 1.54) is 0 Å². The Balaban J connectivity index is 1.66. The number of fused-ring (bicyclic) bond motifs is 1. The third-order valence-electron chi connectivity index (χ3n) is 3.68. The van der Waals surface area contributed by atoms with E-state index in [0.29, 0.717) is 19.5 Å². The maximum absolute atomic E-state index is 12.4. The van der Waals surface area contributed by atoms with Gasteiger partial charge in [0, 0.05) is 19.5 Å². The molecule has 0 aliphatic carbocycles. The first-order valence-electron chi connectivity index (χ1n) is 6.53. The zero-order valence-electron chi connectivity index (χ0n) is 10.8. The molecule has 1 aromatic rings. The van der Waals surface area contributed by atoms with Crippen LogP contribution in [0.2, 0.25) is 0 Å². The van der Waals surface area contributed by atoms with Gasteiger partial charge in [0.2, 0.25) is 5.91 Å². The SMILES string of the molecule is O=C(O)C1CN(C(=O)C2Cc3nc[nH]c3CN2)CCO1. The highest BCUT2D eigenvalue weighted by Gasteiger charge is 2.34. The molecule has 0 saturated carbocycles. The Hall–Kier alpha value is -1.93. The van der Waals surface area contributed by atoms with Crippen LogP contribution in [0.3, 0.4) is 0 Å². The largest absolute Gasteiger partial charge is 0.479 e. The van der Waals surface area contributed by atoms with E-state index < -0.39 is 12.1 Å². The molecule has 3 heterocycles. The van der Waals surface area contributed by atoms with Crippen LogP contribution in [-0.2, 0) is 27.3 Å². The van der Waals surface area contributed by atoms with Gasteiger partial charge in [-0.05, 0) is 0 Å². The number of aromatic amines is 1. The van der Waals surface area contributed by atoms with Crippen LogP contribution >= 0.6 is 0 Å². The maximum Gasteiger partial charge on any atom is 0.334 e. The van der Waals surface area contributed by atoms with Crippen LogP contribution in [0.1, 0.15) is 11.4 Å². The number of carbonyl (C=O) groups excluding carboxylic acids is 1. The first kappa shape index (κ1) is 13.1. The molecule has 2 unspecified atom stereocenters. The molecule has 3 N–H and O–H groups in total. The fourth-order valence-electron chi connectivity index (χ4n) is 2.56. The van der Waals surface area contributed by atoms with E-state index in [9.17, 15) is 9.59 Å². The number of aromatic nitrogens is 2. The molecule has 0 spiro atoms. The minimum absolute atomic E-state index is 0.0896. The normalized spacial score (nSPS) is 26.1. The smallest absolute Gasteiger partial charge is 0.334 e. The van der Waals surface area contributed by atoms with E-state index in [2.05, 4.69) is 15.3 Å². The molecule has 2 aliphatic heterocycles. The Morgan fingerprint density at radius 1 is 1.50 bits per heavy atom. The number of hydrogen-bond donors (Lipinski definition) is 3. The zero-order chi connectivity index (χ0) is 14.1. The fraction of sp³-hybridized carbons (Fsp3) is 0.583. The number of morpholine rings is 1. The van der Waals surface area contributed by atoms with Crippen molar-refractivity contribution in [2.24, 2.45) is 0 Å². The van der Waals surface area contributed by atoms with Gasteiger partial charge < -0.3 is 19.7 Å². The Bertz CT molecular complexity index is 529. The van der Waals surface area contributed by atoms with Gasteiger partial charge in [-0.15, -0.1) is 0 Å². The number of H-pyrrole nitrogens is 1. The molecule has 0 radical (unpaired) electrons. The summed E-state index contributed by atoms with van der Waals surface area (Å²) >= 11 is 0. The summed E-state index contributed by atoms with van der Waals surface area (Å²) in [5, 5.41) is 12.1. The van der Waals surface area contributed by atoms with Gasteiger partial charge in [0.25, 0.3) is 0 Å². The molecule has 1 amide bonds. The first-order chi connectivity index (χ1) is 9.65. The van der Waals surface area contributed by atoms with Crippen LogP contribution in [0, 0.1) is 0 Å². The third-order valence-corrected chi connectivity index (χ3v) is 3.68. The Labute approximate surface area is 115 Å². The summed E-state index contributed by atoms with van der Waals surface area (Å²) in [5.41, 5.74) is 1.89. The standard InChI is InChI=1S/C12H16N4O4/c17-11(16-1-2-20-10(5-16)12(18)19)8-3-7-9(4-13-8)15-6-14-7/h6,8,10,13H,1-5H2,(H,14,15)(H,18,19). The first-order valence-corrected chi connectivity index (χ1v) is 6.53. The lowest BCUT2D eigenvalue weighted by molar-refractivity contribution is -0.160. The molecular formula is C12H16N4O4. The number of aliphatic carboxylic acids is 1. The summed E-state index contributed by atoms with van der Waals surface area (Å²) in [5.74, 6) is -1.12. The summed E-state index contributed by atoms with van der Waals surface area (Å²) in [4.78, 5) is 32.1. The molecule has 0 aromatic carbocycles. The monoisotopic (exact) mass is 280 g/mol. The number of amides is 1. The highest BCUT2D eigenvalue weighted by Crippen LogP contribution is 2.15. The molecule has 3 rings (SSSR count). The third kappa shape index (κ3) is 2.39. The van der Waals surface area contributed by atoms with Crippen LogP contribution in [0.5, 0.6) is 0 Å². The molecular weight excluding hydrogens is 264 g/mol. The lowest BCUT2D eigenvalue weighted by atomic mass is 10.0. The molecule has 2 aliphatic rings. The quantitative estimate of drug-likeness (QED) is 0.624. The molecule has 1 fully saturated rings. The van der Waals surface area contributed by atoms with Gasteiger partial charge in [-0.25, -0.2) is 9.78 Å². The lowest BCUT2D eigenvalue weighted by Gasteiger charge is -2.34. The van der Waals surface area contributed by atoms with Crippen LogP contribution in [0.15, 0.2) is 6.33 Å². The Kier molecular flexibility index (Phi) is 3.41. The van der Waals surface area contributed by atoms with Crippen molar-refractivity contribution in [1.29, 1.82) is 0 Å². The van der Waals surface area contributed by atoms with E-state index >= 15 is 0 Å². The summed E-state index contributed by atoms with van der Waals surface area (Å²) in [6.07, 6.45) is 1.21. The van der Waals surface area contributed by atoms with Gasteiger partial charge in [0.15, 0.2) is 6.10 Å². The summed E-state index contributed by atoms with van der Waals surface area (Å²) in [7, 11) is 0. The number of carboxylic acid groups (broad SMARTS) is 1. The molecule has 8 nitrogen and oxygen atoms in total. The van der Waals surface area contributed by atoms with Gasteiger partial charge in [-0.2, -0.15) is 0 Å². The number of ether oxygens (including phenoxy) is 1. The van der Waals surface area contributed by atoms with Crippen molar-refractivity contribution < 1.29 is 19.4 Å². The average molecular weight is 280 g/mol. The maximum atomic E-state index is 12.4. The average Bonchev–Trinajstić information content (AvgIpc) is 2.94. The number of imidazole rings is 1. The van der Waals surface area contributed by atoms with Gasteiger partial charge in [-0.1, -0.05) is 0 Å². The van der Waals surface area contributed by atoms with Gasteiger partial charge in [0.05, 0.1) is 36.9 Å². The van der Waals surface area contributed by atoms with Gasteiger partial charge in [-0.3, -0.25) is 10.1 Å². The number of hydrogen-bond acceptors (Lipinski definition) is 5. The van der Waals surface area contributed by atoms with E-state index in [1.54, 1.807) is 11.2 Å². The second kappa shape index (κ2) is 5.22. The Morgan fingerprint density at radius 3 is 3.15 bits per heavy atom. The van der Waals surface area contributed by atoms with Crippen LogP contribution in [0.25, 0.3) is 0 Å². The molecule has 1 aromatic heterocycles. The minimum Gasteiger partial charge on any atom is -0.479 e. The summed E-state index contributed by atoms with van der Waals surface area (Å²) < 4.78 is 5.12. The highest BCUT2D eigenvalue weighted by atomic mass is 16.5. The summed E-state index contributed by atoms with van der Waals surface area (Å²) in [6, 6.07) is -0.349. The molecule has 20 heavy (non-hydrogen) atoms. The van der Waals surface area contributed by atoms with Crippen molar-refractivity contribution in [3.8, 4) is 0 Å². The van der Waals surface area contributed by atoms with Gasteiger partial charge in [0.1, 0.15) is 0 Å².